The van der Waals surface area contributed by atoms with Gasteiger partial charge in [-0.1, -0.05) is 0 Å². The third-order valence-corrected chi connectivity index (χ3v) is 4.40. The average molecular weight is 288 g/mol. The molecule has 2 fully saturated rings. The van der Waals surface area contributed by atoms with E-state index >= 15 is 0 Å². The molecule has 0 amide bonds. The van der Waals surface area contributed by atoms with Crippen molar-refractivity contribution in [1.29, 1.82) is 0 Å². The third kappa shape index (κ3) is 2.49. The number of anilines is 1. The summed E-state index contributed by atoms with van der Waals surface area (Å²) in [4.78, 5) is 4.89. The van der Waals surface area contributed by atoms with Gasteiger partial charge in [0.05, 0.1) is 18.9 Å². The molecule has 6 heteroatoms. The summed E-state index contributed by atoms with van der Waals surface area (Å²) >= 11 is 0. The molecule has 6 nitrogen and oxygen atoms in total. The van der Waals surface area contributed by atoms with Gasteiger partial charge < -0.3 is 9.64 Å². The van der Waals surface area contributed by atoms with Crippen LogP contribution < -0.4 is 4.90 Å². The van der Waals surface area contributed by atoms with Crippen molar-refractivity contribution < 1.29 is 9.37 Å². The van der Waals surface area contributed by atoms with Crippen molar-refractivity contribution >= 4 is 16.7 Å². The lowest BCUT2D eigenvalue weighted by molar-refractivity contribution is 0.0286. The summed E-state index contributed by atoms with van der Waals surface area (Å²) in [6.07, 6.45) is 0. The van der Waals surface area contributed by atoms with Gasteiger partial charge in [-0.25, -0.2) is 4.63 Å². The highest BCUT2D eigenvalue weighted by Crippen LogP contribution is 2.31. The van der Waals surface area contributed by atoms with Crippen molar-refractivity contribution in [3.05, 3.63) is 17.7 Å². The quantitative estimate of drug-likeness (QED) is 0.848. The molecule has 2 aromatic rings. The minimum Gasteiger partial charge on any atom is -0.379 e. The molecule has 0 atom stereocenters. The topological polar surface area (TPSA) is 54.6 Å². The fourth-order valence-electron chi connectivity index (χ4n) is 3.28. The van der Waals surface area contributed by atoms with Crippen LogP contribution in [0.15, 0.2) is 16.8 Å². The average Bonchev–Trinajstić information content (AvgIpc) is 2.91. The minimum absolute atomic E-state index is 0.735. The third-order valence-electron chi connectivity index (χ3n) is 4.40. The molecule has 0 saturated carbocycles. The largest absolute Gasteiger partial charge is 0.379 e. The molecule has 1 aromatic heterocycles. The van der Waals surface area contributed by atoms with E-state index in [0.717, 1.165) is 62.0 Å². The summed E-state index contributed by atoms with van der Waals surface area (Å²) < 4.78 is 10.3. The number of nitrogens with zero attached hydrogens (tertiary/aromatic N) is 4. The second-order valence-electron chi connectivity index (χ2n) is 6.10. The SMILES string of the molecule is Cc1cc(N2CC(CN3CCOCC3)C2)c2nonc2c1. The van der Waals surface area contributed by atoms with Crippen LogP contribution in [0.5, 0.6) is 0 Å². The number of benzene rings is 1. The number of hydrogen-bond donors (Lipinski definition) is 0. The summed E-state index contributed by atoms with van der Waals surface area (Å²) in [5.41, 5.74) is 4.08. The Bertz CT molecular complexity index is 630. The van der Waals surface area contributed by atoms with Crippen molar-refractivity contribution in [2.45, 2.75) is 6.92 Å². The highest BCUT2D eigenvalue weighted by atomic mass is 16.6. The van der Waals surface area contributed by atoms with Gasteiger partial charge in [-0.2, -0.15) is 0 Å². The number of fused-ring (bicyclic) bond motifs is 1. The van der Waals surface area contributed by atoms with Crippen molar-refractivity contribution in [3.8, 4) is 0 Å². The first-order valence-corrected chi connectivity index (χ1v) is 7.57. The Morgan fingerprint density at radius 2 is 2.00 bits per heavy atom. The van der Waals surface area contributed by atoms with E-state index in [1.807, 2.05) is 6.07 Å². The van der Waals surface area contributed by atoms with Crippen LogP contribution in [0.1, 0.15) is 5.56 Å². The fourth-order valence-corrected chi connectivity index (χ4v) is 3.28. The van der Waals surface area contributed by atoms with Gasteiger partial charge in [-0.15, -0.1) is 0 Å². The molecular formula is C15H20N4O2. The first-order chi connectivity index (χ1) is 10.3. The zero-order valence-corrected chi connectivity index (χ0v) is 12.3. The van der Waals surface area contributed by atoms with Crippen LogP contribution in [0.25, 0.3) is 11.0 Å². The van der Waals surface area contributed by atoms with Gasteiger partial charge in [0.15, 0.2) is 5.52 Å². The Morgan fingerprint density at radius 3 is 2.81 bits per heavy atom. The number of aryl methyl sites for hydroxylation is 1. The predicted molar refractivity (Wildman–Crippen MR) is 79.5 cm³/mol. The molecule has 0 aliphatic carbocycles. The minimum atomic E-state index is 0.735. The zero-order valence-electron chi connectivity index (χ0n) is 12.3. The van der Waals surface area contributed by atoms with Gasteiger partial charge in [-0.05, 0) is 34.9 Å². The predicted octanol–water partition coefficient (Wildman–Crippen LogP) is 1.30. The number of ether oxygens (including phenoxy) is 1. The van der Waals surface area contributed by atoms with Gasteiger partial charge in [0.1, 0.15) is 5.52 Å². The van der Waals surface area contributed by atoms with Crippen LogP contribution >= 0.6 is 0 Å². The van der Waals surface area contributed by atoms with Gasteiger partial charge in [0, 0.05) is 38.6 Å². The lowest BCUT2D eigenvalue weighted by Gasteiger charge is -2.43. The molecule has 2 aliphatic rings. The van der Waals surface area contributed by atoms with Crippen LogP contribution in [0.2, 0.25) is 0 Å². The summed E-state index contributed by atoms with van der Waals surface area (Å²) in [6.45, 7) is 9.32. The first-order valence-electron chi connectivity index (χ1n) is 7.57. The molecule has 2 aliphatic heterocycles. The van der Waals surface area contributed by atoms with Crippen LogP contribution in [-0.4, -0.2) is 61.2 Å². The number of morpholine rings is 1. The summed E-state index contributed by atoms with van der Waals surface area (Å²) in [7, 11) is 0. The lowest BCUT2D eigenvalue weighted by atomic mass is 9.97. The van der Waals surface area contributed by atoms with E-state index in [1.165, 1.54) is 12.1 Å². The second kappa shape index (κ2) is 5.27. The second-order valence-corrected chi connectivity index (χ2v) is 6.10. The van der Waals surface area contributed by atoms with E-state index in [0.29, 0.717) is 0 Å². The molecule has 0 unspecified atom stereocenters. The Hall–Kier alpha value is -1.66. The fraction of sp³-hybridized carbons (Fsp3) is 0.600. The number of hydrogen-bond acceptors (Lipinski definition) is 6. The number of rotatable bonds is 3. The van der Waals surface area contributed by atoms with Crippen molar-refractivity contribution in [2.24, 2.45) is 5.92 Å². The van der Waals surface area contributed by atoms with E-state index in [4.69, 9.17) is 9.37 Å². The molecule has 21 heavy (non-hydrogen) atoms. The molecule has 1 aromatic carbocycles. The van der Waals surface area contributed by atoms with E-state index in [1.54, 1.807) is 0 Å². The van der Waals surface area contributed by atoms with E-state index in [9.17, 15) is 0 Å². The van der Waals surface area contributed by atoms with Gasteiger partial charge >= 0.3 is 0 Å². The summed E-state index contributed by atoms with van der Waals surface area (Å²) in [6, 6.07) is 4.19. The van der Waals surface area contributed by atoms with Gasteiger partial charge in [-0.3, -0.25) is 4.90 Å². The summed E-state index contributed by atoms with van der Waals surface area (Å²) in [5.74, 6) is 0.735. The Balaban J connectivity index is 1.43. The highest BCUT2D eigenvalue weighted by molar-refractivity contribution is 5.88. The molecule has 4 rings (SSSR count). The maximum absolute atomic E-state index is 5.40. The van der Waals surface area contributed by atoms with Gasteiger partial charge in [0.25, 0.3) is 0 Å². The van der Waals surface area contributed by atoms with Crippen LogP contribution in [0.4, 0.5) is 5.69 Å². The van der Waals surface area contributed by atoms with Crippen molar-refractivity contribution in [1.82, 2.24) is 15.2 Å². The standard InChI is InChI=1S/C15H20N4O2/c1-11-6-13-15(17-21-16-13)14(7-11)19-9-12(10-19)8-18-2-4-20-5-3-18/h6-7,12H,2-5,8-10H2,1H3. The molecule has 0 spiro atoms. The Labute approximate surface area is 123 Å². The first kappa shape index (κ1) is 13.0. The zero-order chi connectivity index (χ0) is 14.2. The molecule has 112 valence electrons. The van der Waals surface area contributed by atoms with E-state index in [2.05, 4.69) is 33.1 Å². The van der Waals surface area contributed by atoms with Crippen LogP contribution in [0.3, 0.4) is 0 Å². The highest BCUT2D eigenvalue weighted by Gasteiger charge is 2.30. The summed E-state index contributed by atoms with van der Waals surface area (Å²) in [5, 5.41) is 8.01. The smallest absolute Gasteiger partial charge is 0.158 e. The molecular weight excluding hydrogens is 268 g/mol. The maximum Gasteiger partial charge on any atom is 0.158 e. The monoisotopic (exact) mass is 288 g/mol. The number of aromatic nitrogens is 2. The molecule has 0 bridgehead atoms. The Kier molecular flexibility index (Phi) is 3.27. The molecule has 2 saturated heterocycles. The van der Waals surface area contributed by atoms with Crippen molar-refractivity contribution in [3.63, 3.8) is 0 Å². The van der Waals surface area contributed by atoms with Crippen LogP contribution in [0, 0.1) is 12.8 Å². The molecule has 3 heterocycles. The molecule has 0 N–H and O–H groups in total. The van der Waals surface area contributed by atoms with E-state index in [-0.39, 0.29) is 0 Å². The van der Waals surface area contributed by atoms with E-state index < -0.39 is 0 Å². The maximum atomic E-state index is 5.40. The molecule has 0 radical (unpaired) electrons. The normalized spacial score (nSPS) is 20.9. The van der Waals surface area contributed by atoms with Crippen molar-refractivity contribution in [2.75, 3.05) is 50.8 Å². The van der Waals surface area contributed by atoms with Crippen LogP contribution in [-0.2, 0) is 4.74 Å². The lowest BCUT2D eigenvalue weighted by Crippen LogP contribution is -2.53. The Morgan fingerprint density at radius 1 is 1.19 bits per heavy atom. The van der Waals surface area contributed by atoms with Gasteiger partial charge in [0.2, 0.25) is 0 Å².